The first-order chi connectivity index (χ1) is 8.47. The molecule has 0 saturated carbocycles. The maximum atomic E-state index is 5.96. The van der Waals surface area contributed by atoms with Crippen molar-refractivity contribution >= 4 is 76.4 Å². The second kappa shape index (κ2) is 6.27. The fourth-order valence-corrected chi connectivity index (χ4v) is 5.08. The first kappa shape index (κ1) is 14.9. The second-order valence-electron chi connectivity index (χ2n) is 3.75. The van der Waals surface area contributed by atoms with Crippen molar-refractivity contribution in [3.8, 4) is 0 Å². The standard InChI is InChI=1S/C12H9Br3ClNS/c1-6(10-2-3-11(16)18-10)17-12-8(14)4-7(13)5-9(12)15/h2-6,17H,1H3. The summed E-state index contributed by atoms with van der Waals surface area (Å²) in [6.07, 6.45) is 0. The van der Waals surface area contributed by atoms with Gasteiger partial charge in [-0.15, -0.1) is 11.3 Å². The molecule has 0 amide bonds. The fourth-order valence-electron chi connectivity index (χ4n) is 1.53. The molecule has 18 heavy (non-hydrogen) atoms. The van der Waals surface area contributed by atoms with E-state index in [9.17, 15) is 0 Å². The summed E-state index contributed by atoms with van der Waals surface area (Å²) in [6.45, 7) is 2.11. The molecule has 0 bridgehead atoms. The van der Waals surface area contributed by atoms with Crippen LogP contribution in [0.5, 0.6) is 0 Å². The molecule has 0 aliphatic heterocycles. The van der Waals surface area contributed by atoms with Crippen molar-refractivity contribution in [2.75, 3.05) is 5.32 Å². The second-order valence-corrected chi connectivity index (χ2v) is 8.12. The van der Waals surface area contributed by atoms with E-state index in [0.29, 0.717) is 0 Å². The lowest BCUT2D eigenvalue weighted by molar-refractivity contribution is 0.905. The van der Waals surface area contributed by atoms with Crippen LogP contribution in [0.4, 0.5) is 5.69 Å². The van der Waals surface area contributed by atoms with Gasteiger partial charge in [0.1, 0.15) is 0 Å². The zero-order chi connectivity index (χ0) is 13.3. The number of hydrogen-bond donors (Lipinski definition) is 1. The van der Waals surface area contributed by atoms with E-state index in [1.807, 2.05) is 24.3 Å². The number of anilines is 1. The lowest BCUT2D eigenvalue weighted by Gasteiger charge is -2.17. The Hall–Kier alpha value is 0.450. The summed E-state index contributed by atoms with van der Waals surface area (Å²) >= 11 is 18.1. The summed E-state index contributed by atoms with van der Waals surface area (Å²) in [6, 6.07) is 8.20. The van der Waals surface area contributed by atoms with Gasteiger partial charge in [-0.2, -0.15) is 0 Å². The van der Waals surface area contributed by atoms with Crippen molar-refractivity contribution in [3.05, 3.63) is 46.9 Å². The van der Waals surface area contributed by atoms with Crippen molar-refractivity contribution in [3.63, 3.8) is 0 Å². The average Bonchev–Trinajstić information content (AvgIpc) is 2.70. The van der Waals surface area contributed by atoms with Gasteiger partial charge in [0.15, 0.2) is 0 Å². The first-order valence-corrected chi connectivity index (χ1v) is 8.71. The Labute approximate surface area is 140 Å². The van der Waals surface area contributed by atoms with Crippen molar-refractivity contribution in [1.82, 2.24) is 0 Å². The minimum atomic E-state index is 0.205. The number of halogens is 4. The monoisotopic (exact) mass is 471 g/mol. The zero-order valence-corrected chi connectivity index (χ0v) is 15.6. The highest BCUT2D eigenvalue weighted by Crippen LogP contribution is 2.37. The maximum absolute atomic E-state index is 5.96. The molecule has 96 valence electrons. The largest absolute Gasteiger partial charge is 0.376 e. The molecule has 0 radical (unpaired) electrons. The smallest absolute Gasteiger partial charge is 0.0932 e. The Morgan fingerprint density at radius 1 is 1.17 bits per heavy atom. The van der Waals surface area contributed by atoms with E-state index >= 15 is 0 Å². The number of hydrogen-bond acceptors (Lipinski definition) is 2. The van der Waals surface area contributed by atoms with Gasteiger partial charge in [0, 0.05) is 18.3 Å². The first-order valence-electron chi connectivity index (χ1n) is 5.13. The van der Waals surface area contributed by atoms with E-state index in [2.05, 4.69) is 60.0 Å². The molecule has 0 aliphatic rings. The molecule has 1 heterocycles. The molecule has 1 N–H and O–H groups in total. The number of benzene rings is 1. The average molecular weight is 474 g/mol. The van der Waals surface area contributed by atoms with Crippen LogP contribution in [-0.4, -0.2) is 0 Å². The summed E-state index contributed by atoms with van der Waals surface area (Å²) < 4.78 is 3.86. The van der Waals surface area contributed by atoms with Crippen LogP contribution in [0.15, 0.2) is 37.7 Å². The van der Waals surface area contributed by atoms with Gasteiger partial charge in [0.2, 0.25) is 0 Å². The van der Waals surface area contributed by atoms with Crippen LogP contribution < -0.4 is 5.32 Å². The van der Waals surface area contributed by atoms with Crippen molar-refractivity contribution < 1.29 is 0 Å². The molecular formula is C12H9Br3ClNS. The van der Waals surface area contributed by atoms with Crippen LogP contribution in [-0.2, 0) is 0 Å². The van der Waals surface area contributed by atoms with Crippen molar-refractivity contribution in [2.24, 2.45) is 0 Å². The van der Waals surface area contributed by atoms with Gasteiger partial charge in [0.25, 0.3) is 0 Å². The Balaban J connectivity index is 2.24. The molecule has 1 aromatic carbocycles. The summed E-state index contributed by atoms with van der Waals surface area (Å²) in [5, 5.41) is 3.47. The summed E-state index contributed by atoms with van der Waals surface area (Å²) in [5.74, 6) is 0. The third-order valence-electron chi connectivity index (χ3n) is 2.39. The van der Waals surface area contributed by atoms with Gasteiger partial charge in [-0.3, -0.25) is 0 Å². The predicted octanol–water partition coefficient (Wildman–Crippen LogP) is 6.86. The number of rotatable bonds is 3. The predicted molar refractivity (Wildman–Crippen MR) is 90.9 cm³/mol. The van der Waals surface area contributed by atoms with E-state index < -0.39 is 0 Å². The summed E-state index contributed by atoms with van der Waals surface area (Å²) in [4.78, 5) is 1.21. The van der Waals surface area contributed by atoms with Crippen molar-refractivity contribution in [1.29, 1.82) is 0 Å². The third kappa shape index (κ3) is 3.51. The minimum absolute atomic E-state index is 0.205. The Bertz CT molecular complexity index is 547. The molecule has 1 nitrogen and oxygen atoms in total. The topological polar surface area (TPSA) is 12.0 Å². The molecule has 0 saturated heterocycles. The highest BCUT2D eigenvalue weighted by Gasteiger charge is 2.12. The quantitative estimate of drug-likeness (QED) is 0.512. The molecular weight excluding hydrogens is 465 g/mol. The van der Waals surface area contributed by atoms with Gasteiger partial charge < -0.3 is 5.32 Å². The van der Waals surface area contributed by atoms with E-state index in [1.54, 1.807) is 11.3 Å². The number of thiophene rings is 1. The molecule has 2 aromatic rings. The van der Waals surface area contributed by atoms with Crippen LogP contribution in [0, 0.1) is 0 Å². The highest BCUT2D eigenvalue weighted by atomic mass is 79.9. The van der Waals surface area contributed by atoms with Crippen LogP contribution >= 0.6 is 70.7 Å². The van der Waals surface area contributed by atoms with E-state index in [-0.39, 0.29) is 6.04 Å². The molecule has 1 atom stereocenters. The Morgan fingerprint density at radius 2 is 1.78 bits per heavy atom. The van der Waals surface area contributed by atoms with Gasteiger partial charge in [-0.1, -0.05) is 27.5 Å². The SMILES string of the molecule is CC(Nc1c(Br)cc(Br)cc1Br)c1ccc(Cl)s1. The molecule has 0 aliphatic carbocycles. The zero-order valence-electron chi connectivity index (χ0n) is 9.31. The van der Waals surface area contributed by atoms with E-state index in [4.69, 9.17) is 11.6 Å². The van der Waals surface area contributed by atoms with Crippen LogP contribution in [0.3, 0.4) is 0 Å². The molecule has 6 heteroatoms. The van der Waals surface area contributed by atoms with Gasteiger partial charge >= 0.3 is 0 Å². The van der Waals surface area contributed by atoms with E-state index in [1.165, 1.54) is 4.88 Å². The van der Waals surface area contributed by atoms with Gasteiger partial charge in [-0.25, -0.2) is 0 Å². The lowest BCUT2D eigenvalue weighted by atomic mass is 10.2. The lowest BCUT2D eigenvalue weighted by Crippen LogP contribution is -2.06. The van der Waals surface area contributed by atoms with Gasteiger partial charge in [0.05, 0.1) is 16.1 Å². The highest BCUT2D eigenvalue weighted by molar-refractivity contribution is 9.11. The maximum Gasteiger partial charge on any atom is 0.0932 e. The van der Waals surface area contributed by atoms with Gasteiger partial charge in [-0.05, 0) is 63.0 Å². The number of nitrogens with one attached hydrogen (secondary N) is 1. The molecule has 1 unspecified atom stereocenters. The van der Waals surface area contributed by atoms with Crippen LogP contribution in [0.25, 0.3) is 0 Å². The molecule has 0 fully saturated rings. The minimum Gasteiger partial charge on any atom is -0.376 e. The normalized spacial score (nSPS) is 12.5. The Morgan fingerprint density at radius 3 is 2.28 bits per heavy atom. The summed E-state index contributed by atoms with van der Waals surface area (Å²) in [5.41, 5.74) is 1.04. The fraction of sp³-hybridized carbons (Fsp3) is 0.167. The van der Waals surface area contributed by atoms with Crippen LogP contribution in [0.2, 0.25) is 4.34 Å². The summed E-state index contributed by atoms with van der Waals surface area (Å²) in [7, 11) is 0. The Kier molecular flexibility index (Phi) is 5.17. The molecule has 1 aromatic heterocycles. The third-order valence-corrected chi connectivity index (χ3v) is 5.51. The molecule has 0 spiro atoms. The van der Waals surface area contributed by atoms with Crippen molar-refractivity contribution in [2.45, 2.75) is 13.0 Å². The van der Waals surface area contributed by atoms with E-state index in [0.717, 1.165) is 23.4 Å². The van der Waals surface area contributed by atoms with Crippen LogP contribution in [0.1, 0.15) is 17.8 Å². The molecule has 2 rings (SSSR count).